The molecule has 0 amide bonds. The van der Waals surface area contributed by atoms with Gasteiger partial charge < -0.3 is 5.73 Å². The first-order chi connectivity index (χ1) is 10.2. The van der Waals surface area contributed by atoms with Gasteiger partial charge in [0.2, 0.25) is 0 Å². The molecule has 0 saturated carbocycles. The average Bonchev–Trinajstić information content (AvgIpc) is 2.76. The normalized spacial score (nSPS) is 28.5. The second-order valence-electron chi connectivity index (χ2n) is 6.68. The molecular weight excluding hydrogens is 258 g/mol. The molecule has 0 radical (unpaired) electrons. The van der Waals surface area contributed by atoms with Gasteiger partial charge >= 0.3 is 0 Å². The van der Waals surface area contributed by atoms with Gasteiger partial charge in [0.1, 0.15) is 0 Å². The Labute approximate surface area is 129 Å². The van der Waals surface area contributed by atoms with Crippen LogP contribution in [0.2, 0.25) is 0 Å². The molecule has 2 fully saturated rings. The van der Waals surface area contributed by atoms with Crippen molar-refractivity contribution in [1.82, 2.24) is 9.80 Å². The Bertz CT molecular complexity index is 456. The lowest BCUT2D eigenvalue weighted by Gasteiger charge is -2.33. The van der Waals surface area contributed by atoms with Gasteiger partial charge in [-0.05, 0) is 43.9 Å². The van der Waals surface area contributed by atoms with Crippen LogP contribution in [0, 0.1) is 0 Å². The molecule has 3 rings (SSSR count). The minimum Gasteiger partial charge on any atom is -0.329 e. The Balaban J connectivity index is 1.76. The zero-order valence-electron chi connectivity index (χ0n) is 13.5. The largest absolute Gasteiger partial charge is 0.329 e. The number of hydrogen-bond acceptors (Lipinski definition) is 3. The number of nitrogens with two attached hydrogens (primary N) is 1. The summed E-state index contributed by atoms with van der Waals surface area (Å²) in [5, 5.41) is 0. The molecule has 3 nitrogen and oxygen atoms in total. The standard InChI is InChI=1S/C18H29N3/c1-3-14-4-6-15(7-5-14)18(12-19)21-11-10-16-8-9-17(13-21)20(16)2/h4-7,16-18H,3,8-13,19H2,1-2H3. The van der Waals surface area contributed by atoms with Crippen molar-refractivity contribution in [2.75, 3.05) is 26.7 Å². The highest BCUT2D eigenvalue weighted by Gasteiger charge is 2.36. The molecule has 2 N–H and O–H groups in total. The summed E-state index contributed by atoms with van der Waals surface area (Å²) in [6, 6.07) is 11.0. The third kappa shape index (κ3) is 3.01. The van der Waals surface area contributed by atoms with Gasteiger partial charge in [-0.1, -0.05) is 31.2 Å². The fourth-order valence-electron chi connectivity index (χ4n) is 4.09. The molecule has 116 valence electrons. The van der Waals surface area contributed by atoms with Gasteiger partial charge in [-0.15, -0.1) is 0 Å². The zero-order valence-corrected chi connectivity index (χ0v) is 13.5. The van der Waals surface area contributed by atoms with Crippen molar-refractivity contribution in [1.29, 1.82) is 0 Å². The molecule has 2 bridgehead atoms. The number of nitrogens with zero attached hydrogens (tertiary/aromatic N) is 2. The molecule has 0 aromatic heterocycles. The summed E-state index contributed by atoms with van der Waals surface area (Å²) in [5.41, 5.74) is 8.93. The van der Waals surface area contributed by atoms with Gasteiger partial charge in [-0.3, -0.25) is 9.80 Å². The van der Waals surface area contributed by atoms with Crippen molar-refractivity contribution in [3.05, 3.63) is 35.4 Å². The van der Waals surface area contributed by atoms with E-state index in [0.29, 0.717) is 12.6 Å². The first kappa shape index (κ1) is 15.0. The summed E-state index contributed by atoms with van der Waals surface area (Å²) in [6.45, 7) is 5.27. The van der Waals surface area contributed by atoms with Gasteiger partial charge in [0.15, 0.2) is 0 Å². The highest BCUT2D eigenvalue weighted by molar-refractivity contribution is 5.25. The topological polar surface area (TPSA) is 32.5 Å². The van der Waals surface area contributed by atoms with Crippen LogP contribution in [0.25, 0.3) is 0 Å². The van der Waals surface area contributed by atoms with Gasteiger partial charge in [0.25, 0.3) is 0 Å². The van der Waals surface area contributed by atoms with Crippen molar-refractivity contribution >= 4 is 0 Å². The van der Waals surface area contributed by atoms with Crippen molar-refractivity contribution in [2.45, 2.75) is 50.7 Å². The maximum atomic E-state index is 6.13. The summed E-state index contributed by atoms with van der Waals surface area (Å²) in [5.74, 6) is 0. The number of fused-ring (bicyclic) bond motifs is 2. The molecule has 3 unspecified atom stereocenters. The van der Waals surface area contributed by atoms with Gasteiger partial charge in [-0.2, -0.15) is 0 Å². The summed E-state index contributed by atoms with van der Waals surface area (Å²) in [6.07, 6.45) is 5.12. The third-order valence-electron chi connectivity index (χ3n) is 5.62. The Morgan fingerprint density at radius 2 is 1.86 bits per heavy atom. The van der Waals surface area contributed by atoms with E-state index in [1.807, 2.05) is 0 Å². The fraction of sp³-hybridized carbons (Fsp3) is 0.667. The number of rotatable bonds is 4. The number of benzene rings is 1. The van der Waals surface area contributed by atoms with E-state index in [1.165, 1.54) is 43.5 Å². The van der Waals surface area contributed by atoms with E-state index in [2.05, 4.69) is 48.0 Å². The lowest BCUT2D eigenvalue weighted by molar-refractivity contribution is 0.175. The van der Waals surface area contributed by atoms with Crippen LogP contribution in [0.5, 0.6) is 0 Å². The minimum absolute atomic E-state index is 0.378. The van der Waals surface area contributed by atoms with E-state index in [0.717, 1.165) is 18.5 Å². The summed E-state index contributed by atoms with van der Waals surface area (Å²) in [4.78, 5) is 5.23. The smallest absolute Gasteiger partial charge is 0.0471 e. The van der Waals surface area contributed by atoms with Crippen LogP contribution in [0.1, 0.15) is 43.4 Å². The predicted molar refractivity (Wildman–Crippen MR) is 88.4 cm³/mol. The number of likely N-dealkylation sites (tertiary alicyclic amines) is 1. The molecule has 1 aromatic carbocycles. The molecule has 0 aliphatic carbocycles. The molecule has 1 aromatic rings. The summed E-state index contributed by atoms with van der Waals surface area (Å²) >= 11 is 0. The average molecular weight is 287 g/mol. The van der Waals surface area contributed by atoms with Crippen LogP contribution in [0.4, 0.5) is 0 Å². The lowest BCUT2D eigenvalue weighted by atomic mass is 10.00. The van der Waals surface area contributed by atoms with Crippen molar-refractivity contribution in [2.24, 2.45) is 5.73 Å². The monoisotopic (exact) mass is 287 g/mol. The molecule has 2 aliphatic heterocycles. The highest BCUT2D eigenvalue weighted by atomic mass is 15.3. The first-order valence-corrected chi connectivity index (χ1v) is 8.47. The van der Waals surface area contributed by atoms with E-state index in [1.54, 1.807) is 0 Å². The van der Waals surface area contributed by atoms with Crippen LogP contribution < -0.4 is 5.73 Å². The SMILES string of the molecule is CCc1ccc(C(CN)N2CCC3CCC(C2)N3C)cc1. The molecule has 2 saturated heterocycles. The Kier molecular flexibility index (Phi) is 4.63. The first-order valence-electron chi connectivity index (χ1n) is 8.47. The molecule has 0 spiro atoms. The third-order valence-corrected chi connectivity index (χ3v) is 5.62. The molecule has 2 heterocycles. The lowest BCUT2D eigenvalue weighted by Crippen LogP contribution is -2.40. The maximum Gasteiger partial charge on any atom is 0.0471 e. The number of likely N-dealkylation sites (N-methyl/N-ethyl adjacent to an activating group) is 1. The Hall–Kier alpha value is -0.900. The second-order valence-corrected chi connectivity index (χ2v) is 6.68. The number of hydrogen-bond donors (Lipinski definition) is 1. The Morgan fingerprint density at radius 3 is 2.52 bits per heavy atom. The minimum atomic E-state index is 0.378. The van der Waals surface area contributed by atoms with E-state index in [-0.39, 0.29) is 0 Å². The quantitative estimate of drug-likeness (QED) is 0.923. The van der Waals surface area contributed by atoms with Gasteiger partial charge in [0.05, 0.1) is 0 Å². The van der Waals surface area contributed by atoms with Crippen molar-refractivity contribution < 1.29 is 0 Å². The fourth-order valence-corrected chi connectivity index (χ4v) is 4.09. The highest BCUT2D eigenvalue weighted by Crippen LogP contribution is 2.32. The van der Waals surface area contributed by atoms with Crippen LogP contribution in [0.15, 0.2) is 24.3 Å². The van der Waals surface area contributed by atoms with Gasteiger partial charge in [0, 0.05) is 37.8 Å². The van der Waals surface area contributed by atoms with E-state index in [9.17, 15) is 0 Å². The molecule has 3 heteroatoms. The van der Waals surface area contributed by atoms with Crippen LogP contribution in [0.3, 0.4) is 0 Å². The molecule has 21 heavy (non-hydrogen) atoms. The van der Waals surface area contributed by atoms with E-state index in [4.69, 9.17) is 5.73 Å². The Morgan fingerprint density at radius 1 is 1.14 bits per heavy atom. The summed E-state index contributed by atoms with van der Waals surface area (Å²) in [7, 11) is 2.30. The molecule has 3 atom stereocenters. The van der Waals surface area contributed by atoms with E-state index >= 15 is 0 Å². The van der Waals surface area contributed by atoms with Crippen LogP contribution in [-0.2, 0) is 6.42 Å². The maximum absolute atomic E-state index is 6.13. The zero-order chi connectivity index (χ0) is 14.8. The van der Waals surface area contributed by atoms with Crippen molar-refractivity contribution in [3.8, 4) is 0 Å². The second kappa shape index (κ2) is 6.47. The number of aryl methyl sites for hydroxylation is 1. The predicted octanol–water partition coefficient (Wildman–Crippen LogP) is 2.42. The van der Waals surface area contributed by atoms with Crippen LogP contribution >= 0.6 is 0 Å². The van der Waals surface area contributed by atoms with Gasteiger partial charge in [-0.25, -0.2) is 0 Å². The molecular formula is C18H29N3. The van der Waals surface area contributed by atoms with Crippen molar-refractivity contribution in [3.63, 3.8) is 0 Å². The van der Waals surface area contributed by atoms with E-state index < -0.39 is 0 Å². The molecule has 2 aliphatic rings. The summed E-state index contributed by atoms with van der Waals surface area (Å²) < 4.78 is 0. The van der Waals surface area contributed by atoms with Crippen LogP contribution in [-0.4, -0.2) is 48.6 Å².